The van der Waals surface area contributed by atoms with Gasteiger partial charge < -0.3 is 20.0 Å². The lowest BCUT2D eigenvalue weighted by atomic mass is 9.93. The number of carboxylic acid groups (broad SMARTS) is 1. The van der Waals surface area contributed by atoms with Gasteiger partial charge in [0.2, 0.25) is 0 Å². The smallest absolute Gasteiger partial charge is 0.329 e. The van der Waals surface area contributed by atoms with Gasteiger partial charge in [-0.2, -0.15) is 0 Å². The summed E-state index contributed by atoms with van der Waals surface area (Å²) in [5.74, 6) is -0.916. The van der Waals surface area contributed by atoms with Crippen molar-refractivity contribution in [1.82, 2.24) is 9.80 Å². The summed E-state index contributed by atoms with van der Waals surface area (Å²) in [6, 6.07) is -0.380. The minimum Gasteiger partial charge on any atom is -0.479 e. The Morgan fingerprint density at radius 1 is 1.32 bits per heavy atom. The molecule has 0 aliphatic carbocycles. The highest BCUT2D eigenvalue weighted by molar-refractivity contribution is 5.87. The summed E-state index contributed by atoms with van der Waals surface area (Å²) in [5.41, 5.74) is -1.06. The Bertz CT molecular complexity index is 374. The highest BCUT2D eigenvalue weighted by atomic mass is 16.4. The molecule has 2 aliphatic rings. The van der Waals surface area contributed by atoms with Crippen molar-refractivity contribution in [3.8, 4) is 0 Å². The first-order valence-corrected chi connectivity index (χ1v) is 6.99. The Balaban J connectivity index is 2.20. The topological polar surface area (TPSA) is 81.1 Å². The van der Waals surface area contributed by atoms with Crippen LogP contribution in [-0.4, -0.2) is 63.3 Å². The molecule has 2 amide bonds. The fourth-order valence-electron chi connectivity index (χ4n) is 3.33. The van der Waals surface area contributed by atoms with Gasteiger partial charge in [-0.05, 0) is 32.1 Å². The Labute approximate surface area is 113 Å². The number of rotatable bonds is 3. The molecule has 0 aromatic rings. The monoisotopic (exact) mass is 270 g/mol. The van der Waals surface area contributed by atoms with Crippen molar-refractivity contribution in [1.29, 1.82) is 0 Å². The van der Waals surface area contributed by atoms with Gasteiger partial charge in [0.05, 0.1) is 12.6 Å². The summed E-state index contributed by atoms with van der Waals surface area (Å²) in [7, 11) is 0. The molecule has 0 saturated carbocycles. The average molecular weight is 270 g/mol. The molecule has 0 bridgehead atoms. The number of hydrogen-bond acceptors (Lipinski definition) is 3. The SMILES string of the molecule is CCC1(C(=O)O)CCCN1C(=O)N1CCCC1CO. The van der Waals surface area contributed by atoms with E-state index in [2.05, 4.69) is 0 Å². The predicted molar refractivity (Wildman–Crippen MR) is 68.8 cm³/mol. The van der Waals surface area contributed by atoms with Crippen molar-refractivity contribution >= 4 is 12.0 Å². The molecule has 2 rings (SSSR count). The summed E-state index contributed by atoms with van der Waals surface area (Å²) in [5, 5.41) is 18.8. The minimum absolute atomic E-state index is 0.0498. The number of amides is 2. The molecule has 2 fully saturated rings. The van der Waals surface area contributed by atoms with Crippen LogP contribution in [0.5, 0.6) is 0 Å². The van der Waals surface area contributed by atoms with E-state index in [-0.39, 0.29) is 18.7 Å². The number of aliphatic hydroxyl groups is 1. The molecule has 2 heterocycles. The molecule has 19 heavy (non-hydrogen) atoms. The van der Waals surface area contributed by atoms with Gasteiger partial charge in [-0.3, -0.25) is 0 Å². The van der Waals surface area contributed by atoms with Gasteiger partial charge in [0.1, 0.15) is 5.54 Å². The second kappa shape index (κ2) is 5.36. The normalized spacial score (nSPS) is 30.9. The molecule has 2 atom stereocenters. The number of aliphatic carboxylic acids is 1. The van der Waals surface area contributed by atoms with Gasteiger partial charge in [-0.15, -0.1) is 0 Å². The highest BCUT2D eigenvalue weighted by Crippen LogP contribution is 2.34. The Morgan fingerprint density at radius 3 is 2.63 bits per heavy atom. The third-order valence-electron chi connectivity index (χ3n) is 4.54. The maximum absolute atomic E-state index is 12.6. The van der Waals surface area contributed by atoms with Gasteiger partial charge >= 0.3 is 12.0 Å². The zero-order valence-corrected chi connectivity index (χ0v) is 11.3. The first-order valence-electron chi connectivity index (χ1n) is 6.99. The maximum Gasteiger partial charge on any atom is 0.329 e. The van der Waals surface area contributed by atoms with Crippen LogP contribution in [0, 0.1) is 0 Å². The molecule has 2 aliphatic heterocycles. The molecule has 0 aromatic carbocycles. The largest absolute Gasteiger partial charge is 0.479 e. The van der Waals surface area contributed by atoms with Crippen LogP contribution in [0.4, 0.5) is 4.79 Å². The van der Waals surface area contributed by atoms with E-state index in [9.17, 15) is 19.8 Å². The molecule has 0 spiro atoms. The zero-order chi connectivity index (χ0) is 14.0. The van der Waals surface area contributed by atoms with Crippen LogP contribution in [-0.2, 0) is 4.79 Å². The summed E-state index contributed by atoms with van der Waals surface area (Å²) in [6.45, 7) is 2.87. The lowest BCUT2D eigenvalue weighted by Gasteiger charge is -2.37. The van der Waals surface area contributed by atoms with Crippen molar-refractivity contribution in [3.63, 3.8) is 0 Å². The average Bonchev–Trinajstić information content (AvgIpc) is 3.04. The summed E-state index contributed by atoms with van der Waals surface area (Å²) < 4.78 is 0. The van der Waals surface area contributed by atoms with E-state index in [1.54, 1.807) is 4.90 Å². The number of likely N-dealkylation sites (tertiary alicyclic amines) is 2. The van der Waals surface area contributed by atoms with E-state index in [0.29, 0.717) is 25.9 Å². The number of nitrogens with zero attached hydrogens (tertiary/aromatic N) is 2. The molecule has 6 nitrogen and oxygen atoms in total. The van der Waals surface area contributed by atoms with Crippen molar-refractivity contribution in [2.75, 3.05) is 19.7 Å². The second-order valence-corrected chi connectivity index (χ2v) is 5.40. The van der Waals surface area contributed by atoms with Crippen LogP contribution in [0.15, 0.2) is 0 Å². The van der Waals surface area contributed by atoms with E-state index in [1.807, 2.05) is 6.92 Å². The van der Waals surface area contributed by atoms with E-state index in [0.717, 1.165) is 19.3 Å². The lowest BCUT2D eigenvalue weighted by molar-refractivity contribution is -0.148. The van der Waals surface area contributed by atoms with Crippen LogP contribution in [0.2, 0.25) is 0 Å². The fourth-order valence-corrected chi connectivity index (χ4v) is 3.33. The fraction of sp³-hybridized carbons (Fsp3) is 0.846. The van der Waals surface area contributed by atoms with E-state index in [4.69, 9.17) is 0 Å². The standard InChI is InChI=1S/C13H22N2O4/c1-2-13(11(17)18)6-4-8-15(13)12(19)14-7-3-5-10(14)9-16/h10,16H,2-9H2,1H3,(H,17,18). The number of carbonyl (C=O) groups excluding carboxylic acids is 1. The van der Waals surface area contributed by atoms with Crippen molar-refractivity contribution in [2.45, 2.75) is 50.6 Å². The first kappa shape index (κ1) is 14.1. The Hall–Kier alpha value is -1.30. The number of aliphatic hydroxyl groups excluding tert-OH is 1. The summed E-state index contributed by atoms with van der Waals surface area (Å²) in [4.78, 5) is 27.3. The molecule has 2 unspecified atom stereocenters. The molecular formula is C13H22N2O4. The number of urea groups is 1. The molecule has 6 heteroatoms. The van der Waals surface area contributed by atoms with Crippen molar-refractivity contribution < 1.29 is 19.8 Å². The third kappa shape index (κ3) is 2.18. The molecule has 0 aromatic heterocycles. The second-order valence-electron chi connectivity index (χ2n) is 5.40. The number of carboxylic acids is 1. The Kier molecular flexibility index (Phi) is 3.99. The van der Waals surface area contributed by atoms with Crippen LogP contribution in [0.1, 0.15) is 39.0 Å². The van der Waals surface area contributed by atoms with Gasteiger partial charge in [0.15, 0.2) is 0 Å². The molecule has 2 saturated heterocycles. The highest BCUT2D eigenvalue weighted by Gasteiger charge is 2.50. The molecule has 108 valence electrons. The maximum atomic E-state index is 12.6. The van der Waals surface area contributed by atoms with Gasteiger partial charge in [-0.1, -0.05) is 6.92 Å². The molecular weight excluding hydrogens is 248 g/mol. The zero-order valence-electron chi connectivity index (χ0n) is 11.3. The summed E-state index contributed by atoms with van der Waals surface area (Å²) >= 11 is 0. The lowest BCUT2D eigenvalue weighted by Crippen LogP contribution is -2.57. The van der Waals surface area contributed by atoms with E-state index in [1.165, 1.54) is 4.90 Å². The number of hydrogen-bond donors (Lipinski definition) is 2. The van der Waals surface area contributed by atoms with Crippen LogP contribution >= 0.6 is 0 Å². The van der Waals surface area contributed by atoms with Gasteiger partial charge in [0, 0.05) is 13.1 Å². The number of carbonyl (C=O) groups is 2. The predicted octanol–water partition coefficient (Wildman–Crippen LogP) is 0.892. The molecule has 0 radical (unpaired) electrons. The van der Waals surface area contributed by atoms with E-state index >= 15 is 0 Å². The van der Waals surface area contributed by atoms with Crippen LogP contribution in [0.3, 0.4) is 0 Å². The van der Waals surface area contributed by atoms with Crippen LogP contribution in [0.25, 0.3) is 0 Å². The Morgan fingerprint density at radius 2 is 2.05 bits per heavy atom. The van der Waals surface area contributed by atoms with Crippen molar-refractivity contribution in [2.24, 2.45) is 0 Å². The van der Waals surface area contributed by atoms with Crippen molar-refractivity contribution in [3.05, 3.63) is 0 Å². The third-order valence-corrected chi connectivity index (χ3v) is 4.54. The quantitative estimate of drug-likeness (QED) is 0.798. The summed E-state index contributed by atoms with van der Waals surface area (Å²) in [6.07, 6.45) is 3.33. The van der Waals surface area contributed by atoms with Gasteiger partial charge in [0.25, 0.3) is 0 Å². The van der Waals surface area contributed by atoms with E-state index < -0.39 is 11.5 Å². The minimum atomic E-state index is -1.06. The van der Waals surface area contributed by atoms with Crippen LogP contribution < -0.4 is 0 Å². The first-order chi connectivity index (χ1) is 9.06. The molecule has 2 N–H and O–H groups in total. The van der Waals surface area contributed by atoms with Gasteiger partial charge in [-0.25, -0.2) is 9.59 Å².